The molecule has 1 rings (SSSR count). The molecule has 6 nitrogen and oxygen atoms in total. The number of amides is 1. The summed E-state index contributed by atoms with van der Waals surface area (Å²) in [6.45, 7) is 11.6. The van der Waals surface area contributed by atoms with Crippen molar-refractivity contribution in [1.29, 1.82) is 0 Å². The Morgan fingerprint density at radius 1 is 1.17 bits per heavy atom. The number of benzene rings is 1. The van der Waals surface area contributed by atoms with Crippen LogP contribution < -0.4 is 5.32 Å². The van der Waals surface area contributed by atoms with Gasteiger partial charge in [-0.15, -0.1) is 0 Å². The van der Waals surface area contributed by atoms with Crippen LogP contribution in [-0.2, 0) is 19.1 Å². The molecule has 0 aliphatic heterocycles. The van der Waals surface area contributed by atoms with E-state index in [1.165, 1.54) is 18.2 Å². The number of carbonyl (C=O) groups is 3. The standard InChI is InChI=1S/C13H14.C10H17NO5/c1-4-6-12(5-2)13-9-7-11(3)8-10-13;1-7(10(15)16-2)5-6-11-8(12)3-4-9(13)14/h4-10H,1-2H2,3H3;7H,3-6H2,1-2H3,(H,11,12)(H,13,14)/b12-6+;. The van der Waals surface area contributed by atoms with Crippen molar-refractivity contribution in [2.75, 3.05) is 13.7 Å². The molecule has 0 aromatic heterocycles. The fourth-order valence-corrected chi connectivity index (χ4v) is 2.21. The molecule has 0 aliphatic rings. The van der Waals surface area contributed by atoms with Crippen LogP contribution in [0.15, 0.2) is 55.7 Å². The molecule has 0 fully saturated rings. The Morgan fingerprint density at radius 2 is 1.79 bits per heavy atom. The number of rotatable bonds is 10. The van der Waals surface area contributed by atoms with Crippen molar-refractivity contribution in [1.82, 2.24) is 5.32 Å². The highest BCUT2D eigenvalue weighted by Crippen LogP contribution is 2.15. The maximum Gasteiger partial charge on any atom is 0.308 e. The van der Waals surface area contributed by atoms with E-state index in [4.69, 9.17) is 5.11 Å². The average Bonchev–Trinajstić information content (AvgIpc) is 2.71. The fourth-order valence-electron chi connectivity index (χ4n) is 2.21. The van der Waals surface area contributed by atoms with E-state index < -0.39 is 5.97 Å². The zero-order valence-electron chi connectivity index (χ0n) is 17.4. The van der Waals surface area contributed by atoms with Crippen LogP contribution in [0.3, 0.4) is 0 Å². The van der Waals surface area contributed by atoms with Gasteiger partial charge in [0.25, 0.3) is 0 Å². The third-order valence-electron chi connectivity index (χ3n) is 3.97. The minimum Gasteiger partial charge on any atom is -0.481 e. The highest BCUT2D eigenvalue weighted by Gasteiger charge is 2.13. The third-order valence-corrected chi connectivity index (χ3v) is 3.97. The van der Waals surface area contributed by atoms with Crippen LogP contribution in [0.5, 0.6) is 0 Å². The van der Waals surface area contributed by atoms with E-state index in [1.807, 2.05) is 12.2 Å². The highest BCUT2D eigenvalue weighted by atomic mass is 16.5. The summed E-state index contributed by atoms with van der Waals surface area (Å²) >= 11 is 0. The van der Waals surface area contributed by atoms with Crippen molar-refractivity contribution in [3.05, 3.63) is 66.8 Å². The third kappa shape index (κ3) is 12.0. The van der Waals surface area contributed by atoms with Gasteiger partial charge in [0.2, 0.25) is 5.91 Å². The monoisotopic (exact) mass is 401 g/mol. The summed E-state index contributed by atoms with van der Waals surface area (Å²) in [5.41, 5.74) is 3.56. The average molecular weight is 402 g/mol. The highest BCUT2D eigenvalue weighted by molar-refractivity contribution is 5.80. The van der Waals surface area contributed by atoms with Crippen molar-refractivity contribution in [2.45, 2.75) is 33.1 Å². The SMILES string of the molecule is C=C/C=C(\C=C)c1ccc(C)cc1.COC(=O)C(C)CCNC(=O)CCC(=O)O. The molecule has 0 heterocycles. The van der Waals surface area contributed by atoms with Crippen molar-refractivity contribution >= 4 is 23.4 Å². The lowest BCUT2D eigenvalue weighted by molar-refractivity contribution is -0.145. The minimum absolute atomic E-state index is 0.0397. The molecule has 0 spiro atoms. The molecule has 1 aromatic rings. The van der Waals surface area contributed by atoms with Crippen LogP contribution in [0, 0.1) is 12.8 Å². The molecule has 0 saturated heterocycles. The summed E-state index contributed by atoms with van der Waals surface area (Å²) in [4.78, 5) is 32.2. The molecule has 1 atom stereocenters. The Labute approximate surface area is 173 Å². The maximum absolute atomic E-state index is 11.1. The van der Waals surface area contributed by atoms with Crippen molar-refractivity contribution in [3.8, 4) is 0 Å². The number of aliphatic carboxylic acids is 1. The van der Waals surface area contributed by atoms with Gasteiger partial charge in [0.05, 0.1) is 19.4 Å². The first-order valence-corrected chi connectivity index (χ1v) is 9.33. The van der Waals surface area contributed by atoms with Gasteiger partial charge in [0.15, 0.2) is 0 Å². The molecule has 29 heavy (non-hydrogen) atoms. The van der Waals surface area contributed by atoms with Crippen LogP contribution in [0.1, 0.15) is 37.3 Å². The number of hydrogen-bond acceptors (Lipinski definition) is 4. The molecular weight excluding hydrogens is 370 g/mol. The largest absolute Gasteiger partial charge is 0.481 e. The number of nitrogens with one attached hydrogen (secondary N) is 1. The molecule has 2 N–H and O–H groups in total. The number of aryl methyl sites for hydroxylation is 1. The second-order valence-electron chi connectivity index (χ2n) is 6.38. The van der Waals surface area contributed by atoms with E-state index in [2.05, 4.69) is 54.4 Å². The van der Waals surface area contributed by atoms with E-state index in [0.29, 0.717) is 13.0 Å². The van der Waals surface area contributed by atoms with Gasteiger partial charge >= 0.3 is 11.9 Å². The molecule has 0 aliphatic carbocycles. The number of carboxylic acids is 1. The number of carboxylic acid groups (broad SMARTS) is 1. The van der Waals surface area contributed by atoms with Crippen LogP contribution in [0.4, 0.5) is 0 Å². The molecule has 0 bridgehead atoms. The van der Waals surface area contributed by atoms with Gasteiger partial charge in [-0.05, 0) is 24.5 Å². The normalized spacial score (nSPS) is 11.3. The van der Waals surface area contributed by atoms with Crippen molar-refractivity contribution < 1.29 is 24.2 Å². The van der Waals surface area contributed by atoms with Crippen LogP contribution in [0.25, 0.3) is 5.57 Å². The second kappa shape index (κ2) is 14.9. The number of hydrogen-bond donors (Lipinski definition) is 2. The Bertz CT molecular complexity index is 719. The van der Waals surface area contributed by atoms with Crippen LogP contribution in [0.2, 0.25) is 0 Å². The summed E-state index contributed by atoms with van der Waals surface area (Å²) in [5.74, 6) is -1.91. The van der Waals surface area contributed by atoms with Gasteiger partial charge in [0.1, 0.15) is 0 Å². The van der Waals surface area contributed by atoms with Gasteiger partial charge in [-0.1, -0.05) is 68.1 Å². The molecule has 0 radical (unpaired) electrons. The molecule has 1 amide bonds. The second-order valence-corrected chi connectivity index (χ2v) is 6.38. The topological polar surface area (TPSA) is 92.7 Å². The van der Waals surface area contributed by atoms with Gasteiger partial charge in [0, 0.05) is 13.0 Å². The van der Waals surface area contributed by atoms with E-state index in [-0.39, 0.29) is 30.6 Å². The van der Waals surface area contributed by atoms with Gasteiger partial charge in [-0.3, -0.25) is 14.4 Å². The first-order chi connectivity index (χ1) is 13.7. The molecular formula is C23H31NO5. The Hall–Kier alpha value is -3.15. The smallest absolute Gasteiger partial charge is 0.308 e. The van der Waals surface area contributed by atoms with Gasteiger partial charge < -0.3 is 15.2 Å². The zero-order valence-corrected chi connectivity index (χ0v) is 17.4. The Balaban J connectivity index is 0.000000551. The van der Waals surface area contributed by atoms with E-state index >= 15 is 0 Å². The number of ether oxygens (including phenoxy) is 1. The molecule has 1 aromatic carbocycles. The van der Waals surface area contributed by atoms with Crippen LogP contribution >= 0.6 is 0 Å². The minimum atomic E-state index is -1.00. The summed E-state index contributed by atoms with van der Waals surface area (Å²) in [6.07, 6.45) is 5.83. The van der Waals surface area contributed by atoms with E-state index in [1.54, 1.807) is 13.0 Å². The number of carbonyl (C=O) groups excluding carboxylic acids is 2. The first-order valence-electron chi connectivity index (χ1n) is 9.33. The van der Waals surface area contributed by atoms with Gasteiger partial charge in [-0.2, -0.15) is 0 Å². The maximum atomic E-state index is 11.1. The van der Waals surface area contributed by atoms with E-state index in [0.717, 1.165) is 5.57 Å². The lowest BCUT2D eigenvalue weighted by Crippen LogP contribution is -2.27. The number of esters is 1. The number of allylic oxidation sites excluding steroid dienone is 4. The molecule has 158 valence electrons. The molecule has 6 heteroatoms. The lowest BCUT2D eigenvalue weighted by atomic mass is 10.0. The predicted molar refractivity (Wildman–Crippen MR) is 115 cm³/mol. The quantitative estimate of drug-likeness (QED) is 0.458. The van der Waals surface area contributed by atoms with Crippen molar-refractivity contribution in [2.24, 2.45) is 5.92 Å². The number of methoxy groups -OCH3 is 1. The molecule has 0 saturated carbocycles. The Morgan fingerprint density at radius 3 is 2.28 bits per heavy atom. The summed E-state index contributed by atoms with van der Waals surface area (Å²) in [6, 6.07) is 8.37. The van der Waals surface area contributed by atoms with Crippen LogP contribution in [-0.4, -0.2) is 36.6 Å². The summed E-state index contributed by atoms with van der Waals surface area (Å²) in [7, 11) is 1.31. The molecule has 1 unspecified atom stereocenters. The first kappa shape index (κ1) is 25.9. The van der Waals surface area contributed by atoms with Crippen molar-refractivity contribution in [3.63, 3.8) is 0 Å². The summed E-state index contributed by atoms with van der Waals surface area (Å²) in [5, 5.41) is 10.9. The zero-order chi connectivity index (χ0) is 22.2. The summed E-state index contributed by atoms with van der Waals surface area (Å²) < 4.78 is 4.52. The Kier molecular flexibility index (Phi) is 13.2. The lowest BCUT2D eigenvalue weighted by Gasteiger charge is -2.09. The fraction of sp³-hybridized carbons (Fsp3) is 0.348. The van der Waals surface area contributed by atoms with E-state index in [9.17, 15) is 14.4 Å². The predicted octanol–water partition coefficient (Wildman–Crippen LogP) is 3.92. The van der Waals surface area contributed by atoms with Gasteiger partial charge in [-0.25, -0.2) is 0 Å².